The highest BCUT2D eigenvalue weighted by Crippen LogP contribution is 2.40. The minimum atomic E-state index is -1.05. The van der Waals surface area contributed by atoms with Crippen LogP contribution >= 0.6 is 0 Å². The summed E-state index contributed by atoms with van der Waals surface area (Å²) >= 11 is 0. The number of ether oxygens (including phenoxy) is 2. The Bertz CT molecular complexity index is 1110. The number of nitrogens with one attached hydrogen (secondary N) is 1. The molecule has 0 saturated carbocycles. The molecule has 1 aromatic carbocycles. The topological polar surface area (TPSA) is 107 Å². The molecule has 8 nitrogen and oxygen atoms in total. The molecule has 1 aliphatic heterocycles. The first kappa shape index (κ1) is 24.5. The Morgan fingerprint density at radius 3 is 2.55 bits per heavy atom. The number of pyridine rings is 1. The smallest absolute Gasteiger partial charge is 0.257 e. The summed E-state index contributed by atoms with van der Waals surface area (Å²) in [6.45, 7) is 1.74. The summed E-state index contributed by atoms with van der Waals surface area (Å²) in [6, 6.07) is 3.28. The first-order chi connectivity index (χ1) is 15.7. The molecule has 0 saturated heterocycles. The molecule has 2 N–H and O–H groups in total. The van der Waals surface area contributed by atoms with Crippen molar-refractivity contribution in [2.45, 2.75) is 39.0 Å². The Balaban J connectivity index is 1.93. The third-order valence-corrected chi connectivity index (χ3v) is 6.12. The van der Waals surface area contributed by atoms with Gasteiger partial charge in [0.1, 0.15) is 22.9 Å². The Morgan fingerprint density at radius 2 is 1.94 bits per heavy atom. The second-order valence-corrected chi connectivity index (χ2v) is 8.17. The van der Waals surface area contributed by atoms with Crippen molar-refractivity contribution in [3.63, 3.8) is 0 Å². The van der Waals surface area contributed by atoms with E-state index in [9.17, 15) is 28.3 Å². The minimum absolute atomic E-state index is 0.108. The molecule has 1 aromatic heterocycles. The van der Waals surface area contributed by atoms with Gasteiger partial charge in [-0.15, -0.1) is 0 Å². The molecule has 10 heteroatoms. The molecule has 1 amide bonds. The first-order valence-electron chi connectivity index (χ1n) is 10.4. The number of halogens is 2. The lowest BCUT2D eigenvalue weighted by Gasteiger charge is -2.41. The van der Waals surface area contributed by atoms with Gasteiger partial charge in [-0.2, -0.15) is 0 Å². The predicted molar refractivity (Wildman–Crippen MR) is 114 cm³/mol. The van der Waals surface area contributed by atoms with Crippen molar-refractivity contribution in [3.05, 3.63) is 63.1 Å². The van der Waals surface area contributed by atoms with E-state index in [0.717, 1.165) is 18.3 Å². The van der Waals surface area contributed by atoms with Crippen LogP contribution < -0.4 is 10.7 Å². The van der Waals surface area contributed by atoms with Crippen molar-refractivity contribution < 1.29 is 33.0 Å². The number of benzene rings is 1. The standard InChI is InChI=1S/C23H26F2N2O6/c1-23(8-5-9-32-2)17(33-3)12-27-11-14(19(28)20(29)18(27)21(23)30)22(31)26-10-13-15(24)6-4-7-16(13)25/h4,6-7,11,17,29H,5,8-10,12H2,1-3H3,(H,26,31)/t17-,23?/m0/s1. The van der Waals surface area contributed by atoms with E-state index >= 15 is 0 Å². The lowest BCUT2D eigenvalue weighted by molar-refractivity contribution is -0.0209. The van der Waals surface area contributed by atoms with Gasteiger partial charge >= 0.3 is 0 Å². The van der Waals surface area contributed by atoms with Gasteiger partial charge in [0.15, 0.2) is 11.5 Å². The Kier molecular flexibility index (Phi) is 7.28. The number of amides is 1. The summed E-state index contributed by atoms with van der Waals surface area (Å²) < 4.78 is 39.6. The fourth-order valence-electron chi connectivity index (χ4n) is 4.15. The van der Waals surface area contributed by atoms with E-state index in [2.05, 4.69) is 5.32 Å². The summed E-state index contributed by atoms with van der Waals surface area (Å²) in [6.07, 6.45) is 1.54. The van der Waals surface area contributed by atoms with Crippen molar-refractivity contribution in [3.8, 4) is 5.75 Å². The van der Waals surface area contributed by atoms with Crippen LogP contribution in [0.25, 0.3) is 0 Å². The molecule has 0 aliphatic carbocycles. The average molecular weight is 464 g/mol. The number of carbonyl (C=O) groups excluding carboxylic acids is 2. The quantitative estimate of drug-likeness (QED) is 0.581. The van der Waals surface area contributed by atoms with Crippen molar-refractivity contribution in [2.24, 2.45) is 5.41 Å². The molecule has 2 heterocycles. The van der Waals surface area contributed by atoms with Gasteiger partial charge in [0.2, 0.25) is 5.43 Å². The van der Waals surface area contributed by atoms with Crippen LogP contribution in [0.5, 0.6) is 5.75 Å². The Morgan fingerprint density at radius 1 is 1.27 bits per heavy atom. The molecule has 2 atom stereocenters. The highest BCUT2D eigenvalue weighted by Gasteiger charge is 2.48. The molecule has 33 heavy (non-hydrogen) atoms. The van der Waals surface area contributed by atoms with Crippen LogP contribution in [0.3, 0.4) is 0 Å². The predicted octanol–water partition coefficient (Wildman–Crippen LogP) is 2.41. The van der Waals surface area contributed by atoms with Crippen LogP contribution in [0.15, 0.2) is 29.2 Å². The number of hydrogen-bond acceptors (Lipinski definition) is 6. The van der Waals surface area contributed by atoms with E-state index in [1.54, 1.807) is 14.0 Å². The van der Waals surface area contributed by atoms with E-state index in [1.165, 1.54) is 17.7 Å². The van der Waals surface area contributed by atoms with E-state index in [4.69, 9.17) is 9.47 Å². The molecule has 3 rings (SSSR count). The summed E-state index contributed by atoms with van der Waals surface area (Å²) in [7, 11) is 3.00. The molecule has 178 valence electrons. The minimum Gasteiger partial charge on any atom is -0.503 e. The van der Waals surface area contributed by atoms with Gasteiger partial charge in [-0.25, -0.2) is 8.78 Å². The molecule has 1 aliphatic rings. The lowest BCUT2D eigenvalue weighted by atomic mass is 9.72. The van der Waals surface area contributed by atoms with Gasteiger partial charge in [-0.05, 0) is 31.9 Å². The number of hydrogen-bond donors (Lipinski definition) is 2. The molecule has 0 bridgehead atoms. The molecule has 0 fully saturated rings. The van der Waals surface area contributed by atoms with Gasteiger partial charge in [0.25, 0.3) is 5.91 Å². The van der Waals surface area contributed by atoms with E-state index in [0.29, 0.717) is 19.4 Å². The van der Waals surface area contributed by atoms with Gasteiger partial charge in [0, 0.05) is 39.1 Å². The molecule has 2 aromatic rings. The second kappa shape index (κ2) is 9.80. The number of rotatable bonds is 8. The van der Waals surface area contributed by atoms with Crippen LogP contribution in [0.2, 0.25) is 0 Å². The largest absolute Gasteiger partial charge is 0.503 e. The fraction of sp³-hybridized carbons (Fsp3) is 0.435. The van der Waals surface area contributed by atoms with Crippen molar-refractivity contribution in [1.29, 1.82) is 0 Å². The number of fused-ring (bicyclic) bond motifs is 1. The average Bonchev–Trinajstić information content (AvgIpc) is 2.78. The van der Waals surface area contributed by atoms with Gasteiger partial charge in [0.05, 0.1) is 18.1 Å². The number of ketones is 1. The van der Waals surface area contributed by atoms with Gasteiger partial charge in [-0.1, -0.05) is 6.07 Å². The highest BCUT2D eigenvalue weighted by molar-refractivity contribution is 6.03. The van der Waals surface area contributed by atoms with E-state index in [1.807, 2.05) is 0 Å². The van der Waals surface area contributed by atoms with Crippen LogP contribution in [-0.2, 0) is 22.6 Å². The summed E-state index contributed by atoms with van der Waals surface area (Å²) in [5, 5.41) is 12.8. The lowest BCUT2D eigenvalue weighted by Crippen LogP contribution is -2.50. The van der Waals surface area contributed by atoms with Crippen LogP contribution in [0.4, 0.5) is 8.78 Å². The Labute approximate surface area is 189 Å². The van der Waals surface area contributed by atoms with Crippen molar-refractivity contribution in [2.75, 3.05) is 20.8 Å². The normalized spacial score (nSPS) is 19.9. The SMILES string of the molecule is COCCCC1(C)C(=O)c2c(O)c(=O)c(C(=O)NCc3c(F)cccc3F)cn2C[C@@H]1OC. The third-order valence-electron chi connectivity index (χ3n) is 6.12. The maximum atomic E-state index is 13.8. The fourth-order valence-corrected chi connectivity index (χ4v) is 4.15. The van der Waals surface area contributed by atoms with Crippen molar-refractivity contribution >= 4 is 11.7 Å². The van der Waals surface area contributed by atoms with Crippen LogP contribution in [-0.4, -0.2) is 48.3 Å². The van der Waals surface area contributed by atoms with Crippen LogP contribution in [0, 0.1) is 17.0 Å². The zero-order valence-corrected chi connectivity index (χ0v) is 18.6. The molecular formula is C23H26F2N2O6. The zero-order chi connectivity index (χ0) is 24.3. The van der Waals surface area contributed by atoms with Gasteiger partial charge in [-0.3, -0.25) is 14.4 Å². The monoisotopic (exact) mass is 464 g/mol. The molecule has 0 radical (unpaired) electrons. The molecular weight excluding hydrogens is 438 g/mol. The summed E-state index contributed by atoms with van der Waals surface area (Å²) in [5.74, 6) is -3.96. The number of Topliss-reactive ketones (excluding diaryl/α,β-unsaturated/α-hetero) is 1. The zero-order valence-electron chi connectivity index (χ0n) is 18.6. The number of carbonyl (C=O) groups is 2. The maximum Gasteiger partial charge on any atom is 0.257 e. The third kappa shape index (κ3) is 4.53. The second-order valence-electron chi connectivity index (χ2n) is 8.17. The number of aromatic hydroxyl groups is 1. The number of aromatic nitrogens is 1. The van der Waals surface area contributed by atoms with E-state index < -0.39 is 58.1 Å². The van der Waals surface area contributed by atoms with Gasteiger partial charge < -0.3 is 24.5 Å². The van der Waals surface area contributed by atoms with Crippen molar-refractivity contribution in [1.82, 2.24) is 9.88 Å². The molecule has 0 spiro atoms. The Hall–Kier alpha value is -3.11. The summed E-state index contributed by atoms with van der Waals surface area (Å²) in [5.41, 5.74) is -3.09. The number of methoxy groups -OCH3 is 2. The summed E-state index contributed by atoms with van der Waals surface area (Å²) in [4.78, 5) is 38.7. The number of nitrogens with zero attached hydrogens (tertiary/aromatic N) is 1. The van der Waals surface area contributed by atoms with E-state index in [-0.39, 0.29) is 17.8 Å². The highest BCUT2D eigenvalue weighted by atomic mass is 19.1. The maximum absolute atomic E-state index is 13.8. The van der Waals surface area contributed by atoms with Crippen LogP contribution in [0.1, 0.15) is 46.2 Å². The first-order valence-corrected chi connectivity index (χ1v) is 10.4. The molecule has 1 unspecified atom stereocenters.